The smallest absolute Gasteiger partial charge is 0.227 e. The quantitative estimate of drug-likeness (QED) is 0.884. The second-order valence-corrected chi connectivity index (χ2v) is 5.42. The molecule has 0 spiro atoms. The fraction of sp³-hybridized carbons (Fsp3) is 0.500. The maximum Gasteiger partial charge on any atom is 0.227 e. The van der Waals surface area contributed by atoms with E-state index in [4.69, 9.17) is 17.3 Å². The summed E-state index contributed by atoms with van der Waals surface area (Å²) < 4.78 is 0. The van der Waals surface area contributed by atoms with Gasteiger partial charge < -0.3 is 11.1 Å². The van der Waals surface area contributed by atoms with E-state index in [0.29, 0.717) is 17.5 Å². The Morgan fingerprint density at radius 2 is 2.28 bits per heavy atom. The number of rotatable bonds is 3. The summed E-state index contributed by atoms with van der Waals surface area (Å²) >= 11 is 5.94. The van der Waals surface area contributed by atoms with Crippen LogP contribution in [0.4, 0.5) is 5.69 Å². The van der Waals surface area contributed by atoms with Crippen molar-refractivity contribution in [3.8, 4) is 0 Å². The Kier molecular flexibility index (Phi) is 4.25. The highest BCUT2D eigenvalue weighted by atomic mass is 35.5. The predicted octanol–water partition coefficient (Wildman–Crippen LogP) is 2.96. The standard InChI is InChI=1S/C14H19ClN2O/c1-9-5-6-11(15)7-13(9)17-14(18)12-4-2-3-10(12)8-16/h5-7,10,12H,2-4,8,16H2,1H3,(H,17,18)/t10-,12-/m1/s1. The van der Waals surface area contributed by atoms with Crippen LogP contribution in [0.2, 0.25) is 5.02 Å². The van der Waals surface area contributed by atoms with Crippen LogP contribution in [0.15, 0.2) is 18.2 Å². The van der Waals surface area contributed by atoms with E-state index in [1.807, 2.05) is 19.1 Å². The van der Waals surface area contributed by atoms with Crippen molar-refractivity contribution < 1.29 is 4.79 Å². The van der Waals surface area contributed by atoms with Gasteiger partial charge in [-0.25, -0.2) is 0 Å². The third-order valence-electron chi connectivity index (χ3n) is 3.76. The monoisotopic (exact) mass is 266 g/mol. The number of anilines is 1. The Labute approximate surface area is 113 Å². The van der Waals surface area contributed by atoms with Gasteiger partial charge in [0.25, 0.3) is 0 Å². The van der Waals surface area contributed by atoms with Gasteiger partial charge in [-0.05, 0) is 49.9 Å². The first kappa shape index (κ1) is 13.4. The Bertz CT molecular complexity index is 447. The highest BCUT2D eigenvalue weighted by molar-refractivity contribution is 6.31. The van der Waals surface area contributed by atoms with E-state index in [1.54, 1.807) is 6.07 Å². The van der Waals surface area contributed by atoms with Gasteiger partial charge in [-0.15, -0.1) is 0 Å². The zero-order valence-electron chi connectivity index (χ0n) is 10.6. The molecule has 0 radical (unpaired) electrons. The first-order valence-electron chi connectivity index (χ1n) is 6.39. The minimum absolute atomic E-state index is 0.0494. The molecule has 18 heavy (non-hydrogen) atoms. The van der Waals surface area contributed by atoms with Crippen LogP contribution in [0.1, 0.15) is 24.8 Å². The van der Waals surface area contributed by atoms with E-state index < -0.39 is 0 Å². The van der Waals surface area contributed by atoms with E-state index >= 15 is 0 Å². The van der Waals surface area contributed by atoms with E-state index in [-0.39, 0.29) is 11.8 Å². The van der Waals surface area contributed by atoms with Gasteiger partial charge in [-0.2, -0.15) is 0 Å². The number of carbonyl (C=O) groups is 1. The van der Waals surface area contributed by atoms with E-state index in [1.165, 1.54) is 0 Å². The lowest BCUT2D eigenvalue weighted by atomic mass is 9.95. The van der Waals surface area contributed by atoms with Crippen molar-refractivity contribution >= 4 is 23.2 Å². The predicted molar refractivity (Wildman–Crippen MR) is 74.7 cm³/mol. The highest BCUT2D eigenvalue weighted by Gasteiger charge is 2.31. The van der Waals surface area contributed by atoms with Crippen molar-refractivity contribution in [1.29, 1.82) is 0 Å². The fourth-order valence-corrected chi connectivity index (χ4v) is 2.79. The van der Waals surface area contributed by atoms with Gasteiger partial charge in [0, 0.05) is 16.6 Å². The molecule has 98 valence electrons. The molecular formula is C14H19ClN2O. The lowest BCUT2D eigenvalue weighted by Gasteiger charge is -2.18. The molecule has 4 heteroatoms. The van der Waals surface area contributed by atoms with Crippen molar-refractivity contribution in [3.05, 3.63) is 28.8 Å². The van der Waals surface area contributed by atoms with Crippen molar-refractivity contribution in [2.24, 2.45) is 17.6 Å². The number of carbonyl (C=O) groups excluding carboxylic acids is 1. The second kappa shape index (κ2) is 5.72. The van der Waals surface area contributed by atoms with Crippen LogP contribution >= 0.6 is 11.6 Å². The van der Waals surface area contributed by atoms with E-state index in [0.717, 1.165) is 30.5 Å². The van der Waals surface area contributed by atoms with Crippen LogP contribution in [0.25, 0.3) is 0 Å². The van der Waals surface area contributed by atoms with Crippen LogP contribution in [0.5, 0.6) is 0 Å². The number of nitrogens with one attached hydrogen (secondary N) is 1. The SMILES string of the molecule is Cc1ccc(Cl)cc1NC(=O)[C@@H]1CCC[C@@H]1CN. The van der Waals surface area contributed by atoms with Gasteiger partial charge in [0.05, 0.1) is 0 Å². The molecule has 0 aliphatic heterocycles. The first-order chi connectivity index (χ1) is 8.61. The molecule has 1 aliphatic rings. The summed E-state index contributed by atoms with van der Waals surface area (Å²) in [7, 11) is 0. The van der Waals surface area contributed by atoms with Crippen LogP contribution in [-0.2, 0) is 4.79 Å². The van der Waals surface area contributed by atoms with Gasteiger partial charge in [0.1, 0.15) is 0 Å². The van der Waals surface area contributed by atoms with Gasteiger partial charge >= 0.3 is 0 Å². The molecule has 1 aromatic rings. The summed E-state index contributed by atoms with van der Waals surface area (Å²) in [4.78, 5) is 12.2. The molecule has 1 fully saturated rings. The first-order valence-corrected chi connectivity index (χ1v) is 6.76. The fourth-order valence-electron chi connectivity index (χ4n) is 2.62. The van der Waals surface area contributed by atoms with Gasteiger partial charge in [-0.1, -0.05) is 24.1 Å². The second-order valence-electron chi connectivity index (χ2n) is 4.98. The molecule has 2 atom stereocenters. The number of hydrogen-bond acceptors (Lipinski definition) is 2. The van der Waals surface area contributed by atoms with Crippen molar-refractivity contribution in [1.82, 2.24) is 0 Å². The third-order valence-corrected chi connectivity index (χ3v) is 3.99. The molecule has 1 aromatic carbocycles. The Hall–Kier alpha value is -1.06. The molecule has 0 aromatic heterocycles. The zero-order chi connectivity index (χ0) is 13.1. The van der Waals surface area contributed by atoms with Gasteiger partial charge in [0.2, 0.25) is 5.91 Å². The summed E-state index contributed by atoms with van der Waals surface area (Å²) in [6, 6.07) is 5.53. The molecule has 1 aliphatic carbocycles. The number of benzene rings is 1. The maximum atomic E-state index is 12.2. The molecule has 1 amide bonds. The Morgan fingerprint density at radius 1 is 1.50 bits per heavy atom. The maximum absolute atomic E-state index is 12.2. The molecule has 0 saturated heterocycles. The number of aryl methyl sites for hydroxylation is 1. The minimum Gasteiger partial charge on any atom is -0.330 e. The van der Waals surface area contributed by atoms with E-state index in [9.17, 15) is 4.79 Å². The number of amides is 1. The third kappa shape index (κ3) is 2.85. The van der Waals surface area contributed by atoms with Crippen LogP contribution < -0.4 is 11.1 Å². The number of halogens is 1. The zero-order valence-corrected chi connectivity index (χ0v) is 11.3. The largest absolute Gasteiger partial charge is 0.330 e. The van der Waals surface area contributed by atoms with Crippen molar-refractivity contribution in [3.63, 3.8) is 0 Å². The summed E-state index contributed by atoms with van der Waals surface area (Å²) in [6.07, 6.45) is 3.09. The molecule has 3 nitrogen and oxygen atoms in total. The number of nitrogens with two attached hydrogens (primary N) is 1. The molecule has 0 heterocycles. The van der Waals surface area contributed by atoms with Gasteiger partial charge in [-0.3, -0.25) is 4.79 Å². The van der Waals surface area contributed by atoms with Crippen LogP contribution in [-0.4, -0.2) is 12.5 Å². The Balaban J connectivity index is 2.09. The highest BCUT2D eigenvalue weighted by Crippen LogP contribution is 2.32. The molecule has 1 saturated carbocycles. The van der Waals surface area contributed by atoms with Crippen LogP contribution in [0.3, 0.4) is 0 Å². The van der Waals surface area contributed by atoms with Crippen molar-refractivity contribution in [2.45, 2.75) is 26.2 Å². The lowest BCUT2D eigenvalue weighted by molar-refractivity contribution is -0.120. The normalized spacial score (nSPS) is 23.1. The van der Waals surface area contributed by atoms with E-state index in [2.05, 4.69) is 5.32 Å². The van der Waals surface area contributed by atoms with Gasteiger partial charge in [0.15, 0.2) is 0 Å². The average molecular weight is 267 g/mol. The number of hydrogen-bond donors (Lipinski definition) is 2. The average Bonchev–Trinajstić information content (AvgIpc) is 2.82. The summed E-state index contributed by atoms with van der Waals surface area (Å²) in [6.45, 7) is 2.55. The molecular weight excluding hydrogens is 248 g/mol. The minimum atomic E-state index is 0.0494. The topological polar surface area (TPSA) is 55.1 Å². The molecule has 3 N–H and O–H groups in total. The molecule has 2 rings (SSSR count). The summed E-state index contributed by atoms with van der Waals surface area (Å²) in [5.41, 5.74) is 7.53. The molecule has 0 unspecified atom stereocenters. The van der Waals surface area contributed by atoms with Crippen LogP contribution in [0, 0.1) is 18.8 Å². The molecule has 0 bridgehead atoms. The lowest BCUT2D eigenvalue weighted by Crippen LogP contribution is -2.29. The summed E-state index contributed by atoms with van der Waals surface area (Å²) in [5.74, 6) is 0.450. The summed E-state index contributed by atoms with van der Waals surface area (Å²) in [5, 5.41) is 3.62. The van der Waals surface area contributed by atoms with Crippen molar-refractivity contribution in [2.75, 3.05) is 11.9 Å². The Morgan fingerprint density at radius 3 is 3.00 bits per heavy atom.